The SMILES string of the molecule is CCc1nc(NCc2coc(-c3ccc(C)cc3)n2)c2ccsc2n1. The molecule has 0 aliphatic rings. The zero-order valence-corrected chi connectivity index (χ0v) is 14.9. The lowest BCUT2D eigenvalue weighted by molar-refractivity contribution is 0.573. The number of hydrogen-bond donors (Lipinski definition) is 1. The van der Waals surface area contributed by atoms with E-state index < -0.39 is 0 Å². The standard InChI is InChI=1S/C19H18N4OS/c1-3-16-22-17(15-8-9-25-19(15)23-16)20-10-14-11-24-18(21-14)13-6-4-12(2)5-7-13/h4-9,11H,3,10H2,1-2H3,(H,20,22,23). The van der Waals surface area contributed by atoms with Crippen LogP contribution in [0.2, 0.25) is 0 Å². The van der Waals surface area contributed by atoms with Crippen LogP contribution < -0.4 is 5.32 Å². The van der Waals surface area contributed by atoms with Gasteiger partial charge in [0.05, 0.1) is 17.6 Å². The van der Waals surface area contributed by atoms with Crippen molar-refractivity contribution in [2.24, 2.45) is 0 Å². The molecule has 0 amide bonds. The summed E-state index contributed by atoms with van der Waals surface area (Å²) in [5, 5.41) is 6.45. The molecule has 1 aromatic carbocycles. The molecule has 5 nitrogen and oxygen atoms in total. The Morgan fingerprint density at radius 2 is 1.92 bits per heavy atom. The highest BCUT2D eigenvalue weighted by Crippen LogP contribution is 2.26. The fourth-order valence-electron chi connectivity index (χ4n) is 2.58. The molecule has 4 aromatic rings. The maximum atomic E-state index is 5.61. The zero-order valence-electron chi connectivity index (χ0n) is 14.1. The lowest BCUT2D eigenvalue weighted by Crippen LogP contribution is -2.04. The summed E-state index contributed by atoms with van der Waals surface area (Å²) in [6, 6.07) is 10.2. The molecule has 6 heteroatoms. The number of oxazole rings is 1. The van der Waals surface area contributed by atoms with E-state index in [0.29, 0.717) is 12.4 Å². The summed E-state index contributed by atoms with van der Waals surface area (Å²) >= 11 is 1.63. The highest BCUT2D eigenvalue weighted by molar-refractivity contribution is 7.16. The van der Waals surface area contributed by atoms with Crippen LogP contribution in [0, 0.1) is 6.92 Å². The second kappa shape index (κ2) is 6.64. The molecule has 25 heavy (non-hydrogen) atoms. The van der Waals surface area contributed by atoms with Gasteiger partial charge in [0.25, 0.3) is 0 Å². The summed E-state index contributed by atoms with van der Waals surface area (Å²) in [5.41, 5.74) is 3.04. The molecule has 0 unspecified atom stereocenters. The van der Waals surface area contributed by atoms with Gasteiger partial charge >= 0.3 is 0 Å². The Balaban J connectivity index is 1.54. The van der Waals surface area contributed by atoms with Gasteiger partial charge in [-0.3, -0.25) is 0 Å². The van der Waals surface area contributed by atoms with Gasteiger partial charge in [-0.25, -0.2) is 15.0 Å². The fourth-order valence-corrected chi connectivity index (χ4v) is 3.37. The number of aryl methyl sites for hydroxylation is 2. The van der Waals surface area contributed by atoms with Crippen molar-refractivity contribution in [1.29, 1.82) is 0 Å². The molecule has 0 radical (unpaired) electrons. The summed E-state index contributed by atoms with van der Waals surface area (Å²) in [7, 11) is 0. The van der Waals surface area contributed by atoms with Crippen molar-refractivity contribution < 1.29 is 4.42 Å². The number of nitrogens with zero attached hydrogens (tertiary/aromatic N) is 3. The molecular weight excluding hydrogens is 332 g/mol. The Kier molecular flexibility index (Phi) is 4.19. The zero-order chi connectivity index (χ0) is 17.2. The highest BCUT2D eigenvalue weighted by Gasteiger charge is 2.10. The quantitative estimate of drug-likeness (QED) is 0.558. The van der Waals surface area contributed by atoms with Gasteiger partial charge in [-0.2, -0.15) is 0 Å². The average molecular weight is 350 g/mol. The minimum absolute atomic E-state index is 0.556. The van der Waals surface area contributed by atoms with E-state index in [1.54, 1.807) is 17.6 Å². The largest absolute Gasteiger partial charge is 0.444 e. The van der Waals surface area contributed by atoms with E-state index in [2.05, 4.69) is 46.2 Å². The van der Waals surface area contributed by atoms with Crippen LogP contribution in [0.3, 0.4) is 0 Å². The normalized spacial score (nSPS) is 11.1. The number of aromatic nitrogens is 3. The van der Waals surface area contributed by atoms with Crippen LogP contribution in [-0.4, -0.2) is 15.0 Å². The van der Waals surface area contributed by atoms with E-state index in [0.717, 1.165) is 39.5 Å². The van der Waals surface area contributed by atoms with Crippen molar-refractivity contribution in [3.05, 3.63) is 59.1 Å². The van der Waals surface area contributed by atoms with Gasteiger partial charge in [-0.05, 0) is 30.5 Å². The number of rotatable bonds is 5. The van der Waals surface area contributed by atoms with E-state index in [4.69, 9.17) is 4.42 Å². The first-order valence-corrected chi connectivity index (χ1v) is 9.10. The third kappa shape index (κ3) is 3.25. The molecule has 0 saturated carbocycles. The molecule has 0 bridgehead atoms. The van der Waals surface area contributed by atoms with Crippen LogP contribution >= 0.6 is 11.3 Å². The number of fused-ring (bicyclic) bond motifs is 1. The number of anilines is 1. The summed E-state index contributed by atoms with van der Waals surface area (Å²) in [4.78, 5) is 14.7. The second-order valence-corrected chi connectivity index (χ2v) is 6.74. The van der Waals surface area contributed by atoms with Crippen molar-refractivity contribution in [1.82, 2.24) is 15.0 Å². The molecule has 3 heterocycles. The third-order valence-corrected chi connectivity index (χ3v) is 4.78. The second-order valence-electron chi connectivity index (χ2n) is 5.84. The van der Waals surface area contributed by atoms with Gasteiger partial charge in [-0.15, -0.1) is 11.3 Å². The van der Waals surface area contributed by atoms with Crippen LogP contribution in [0.25, 0.3) is 21.7 Å². The molecule has 0 atom stereocenters. The molecule has 3 aromatic heterocycles. The van der Waals surface area contributed by atoms with Crippen LogP contribution in [0.1, 0.15) is 24.0 Å². The molecule has 126 valence electrons. The summed E-state index contributed by atoms with van der Waals surface area (Å²) in [6.45, 7) is 4.68. The topological polar surface area (TPSA) is 63.8 Å². The van der Waals surface area contributed by atoms with Crippen molar-refractivity contribution in [3.8, 4) is 11.5 Å². The Labute approximate surface area is 149 Å². The number of nitrogens with one attached hydrogen (secondary N) is 1. The predicted molar refractivity (Wildman–Crippen MR) is 101 cm³/mol. The number of thiophene rings is 1. The van der Waals surface area contributed by atoms with Crippen molar-refractivity contribution in [2.75, 3.05) is 5.32 Å². The van der Waals surface area contributed by atoms with E-state index in [9.17, 15) is 0 Å². The van der Waals surface area contributed by atoms with E-state index in [1.165, 1.54) is 5.56 Å². The third-order valence-electron chi connectivity index (χ3n) is 3.97. The maximum Gasteiger partial charge on any atom is 0.226 e. The highest BCUT2D eigenvalue weighted by atomic mass is 32.1. The maximum absolute atomic E-state index is 5.61. The Hall–Kier alpha value is -2.73. The van der Waals surface area contributed by atoms with Crippen molar-refractivity contribution >= 4 is 27.4 Å². The first-order chi connectivity index (χ1) is 12.2. The monoisotopic (exact) mass is 350 g/mol. The van der Waals surface area contributed by atoms with Crippen LogP contribution in [0.4, 0.5) is 5.82 Å². The lowest BCUT2D eigenvalue weighted by atomic mass is 10.1. The minimum atomic E-state index is 0.556. The van der Waals surface area contributed by atoms with Crippen molar-refractivity contribution in [2.45, 2.75) is 26.8 Å². The van der Waals surface area contributed by atoms with E-state index >= 15 is 0 Å². The number of hydrogen-bond acceptors (Lipinski definition) is 6. The van der Waals surface area contributed by atoms with Gasteiger partial charge in [0, 0.05) is 12.0 Å². The molecule has 0 fully saturated rings. The molecule has 4 rings (SSSR count). The average Bonchev–Trinajstić information content (AvgIpc) is 3.29. The van der Waals surface area contributed by atoms with Gasteiger partial charge in [0.1, 0.15) is 22.7 Å². The minimum Gasteiger partial charge on any atom is -0.444 e. The van der Waals surface area contributed by atoms with Gasteiger partial charge in [0.2, 0.25) is 5.89 Å². The predicted octanol–water partition coefficient (Wildman–Crippen LogP) is 4.83. The van der Waals surface area contributed by atoms with Crippen molar-refractivity contribution in [3.63, 3.8) is 0 Å². The fraction of sp³-hybridized carbons (Fsp3) is 0.211. The molecule has 0 aliphatic heterocycles. The Morgan fingerprint density at radius 3 is 2.72 bits per heavy atom. The van der Waals surface area contributed by atoms with Gasteiger partial charge in [-0.1, -0.05) is 24.6 Å². The summed E-state index contributed by atoms with van der Waals surface area (Å²) in [5.74, 6) is 2.33. The molecular formula is C19H18N4OS. The molecule has 0 saturated heterocycles. The van der Waals surface area contributed by atoms with Crippen LogP contribution in [0.5, 0.6) is 0 Å². The first kappa shape index (κ1) is 15.8. The Bertz CT molecular complexity index is 1000. The summed E-state index contributed by atoms with van der Waals surface area (Å²) in [6.07, 6.45) is 2.50. The van der Waals surface area contributed by atoms with E-state index in [-0.39, 0.29) is 0 Å². The Morgan fingerprint density at radius 1 is 1.08 bits per heavy atom. The van der Waals surface area contributed by atoms with Gasteiger partial charge in [0.15, 0.2) is 0 Å². The lowest BCUT2D eigenvalue weighted by Gasteiger charge is -2.06. The first-order valence-electron chi connectivity index (χ1n) is 8.22. The summed E-state index contributed by atoms with van der Waals surface area (Å²) < 4.78 is 5.61. The molecule has 0 spiro atoms. The smallest absolute Gasteiger partial charge is 0.226 e. The molecule has 1 N–H and O–H groups in total. The van der Waals surface area contributed by atoms with E-state index in [1.807, 2.05) is 23.6 Å². The molecule has 0 aliphatic carbocycles. The van der Waals surface area contributed by atoms with Gasteiger partial charge < -0.3 is 9.73 Å². The number of benzene rings is 1. The van der Waals surface area contributed by atoms with Crippen LogP contribution in [0.15, 0.2) is 46.4 Å². The van der Waals surface area contributed by atoms with Crippen LogP contribution in [-0.2, 0) is 13.0 Å².